The molecule has 1 aliphatic rings. The quantitative estimate of drug-likeness (QED) is 0.750. The van der Waals surface area contributed by atoms with E-state index in [0.717, 1.165) is 6.42 Å². The molecule has 84 valence electrons. The zero-order valence-corrected chi connectivity index (χ0v) is 10.1. The third-order valence-corrected chi connectivity index (χ3v) is 4.23. The molecule has 1 aliphatic heterocycles. The molecule has 1 heterocycles. The summed E-state index contributed by atoms with van der Waals surface area (Å²) < 4.78 is 0. The van der Waals surface area contributed by atoms with E-state index in [1.807, 2.05) is 0 Å². The van der Waals surface area contributed by atoms with Gasteiger partial charge < -0.3 is 10.6 Å². The molecule has 0 bridgehead atoms. The highest BCUT2D eigenvalue weighted by Gasteiger charge is 2.36. The summed E-state index contributed by atoms with van der Waals surface area (Å²) in [6.45, 7) is 10.5. The van der Waals surface area contributed by atoms with Gasteiger partial charge >= 0.3 is 0 Å². The molecule has 0 aromatic rings. The van der Waals surface area contributed by atoms with Crippen LogP contribution in [0.4, 0.5) is 0 Å². The zero-order chi connectivity index (χ0) is 10.6. The Balaban J connectivity index is 2.56. The van der Waals surface area contributed by atoms with Gasteiger partial charge in [-0.25, -0.2) is 0 Å². The van der Waals surface area contributed by atoms with E-state index in [-0.39, 0.29) is 0 Å². The molecule has 0 spiro atoms. The van der Waals surface area contributed by atoms with Crippen LogP contribution < -0.4 is 5.73 Å². The van der Waals surface area contributed by atoms with Gasteiger partial charge in [0.2, 0.25) is 0 Å². The predicted octanol–water partition coefficient (Wildman–Crippen LogP) is 2.24. The van der Waals surface area contributed by atoms with Crippen LogP contribution in [0.3, 0.4) is 0 Å². The topological polar surface area (TPSA) is 29.3 Å². The number of likely N-dealkylation sites (tertiary alicyclic amines) is 1. The van der Waals surface area contributed by atoms with Crippen molar-refractivity contribution < 1.29 is 0 Å². The number of hydrogen-bond acceptors (Lipinski definition) is 2. The second kappa shape index (κ2) is 5.13. The van der Waals surface area contributed by atoms with Gasteiger partial charge in [0.05, 0.1) is 0 Å². The summed E-state index contributed by atoms with van der Waals surface area (Å²) >= 11 is 0. The fourth-order valence-corrected chi connectivity index (χ4v) is 2.73. The van der Waals surface area contributed by atoms with E-state index >= 15 is 0 Å². The van der Waals surface area contributed by atoms with Crippen LogP contribution in [0.25, 0.3) is 0 Å². The summed E-state index contributed by atoms with van der Waals surface area (Å²) in [6, 6.07) is 0.409. The van der Waals surface area contributed by atoms with Gasteiger partial charge in [-0.3, -0.25) is 0 Å². The molecule has 1 atom stereocenters. The summed E-state index contributed by atoms with van der Waals surface area (Å²) in [4.78, 5) is 2.54. The van der Waals surface area contributed by atoms with Crippen molar-refractivity contribution in [1.29, 1.82) is 0 Å². The molecule has 0 aromatic heterocycles. The van der Waals surface area contributed by atoms with Crippen molar-refractivity contribution in [3.05, 3.63) is 0 Å². The lowest BCUT2D eigenvalue weighted by atomic mass is 9.70. The maximum atomic E-state index is 6.26. The highest BCUT2D eigenvalue weighted by atomic mass is 15.1. The molecule has 1 saturated heterocycles. The van der Waals surface area contributed by atoms with Crippen LogP contribution in [0.5, 0.6) is 0 Å². The van der Waals surface area contributed by atoms with E-state index in [2.05, 4.69) is 25.7 Å². The van der Waals surface area contributed by atoms with Crippen LogP contribution in [0, 0.1) is 5.41 Å². The number of nitrogens with two attached hydrogens (primary N) is 1. The third-order valence-electron chi connectivity index (χ3n) is 4.23. The molecule has 0 radical (unpaired) electrons. The smallest absolute Gasteiger partial charge is 0.00937 e. The van der Waals surface area contributed by atoms with Gasteiger partial charge in [-0.1, -0.05) is 20.8 Å². The van der Waals surface area contributed by atoms with Gasteiger partial charge in [-0.15, -0.1) is 0 Å². The van der Waals surface area contributed by atoms with Gasteiger partial charge in [0.25, 0.3) is 0 Å². The van der Waals surface area contributed by atoms with Crippen LogP contribution in [-0.4, -0.2) is 30.6 Å². The van der Waals surface area contributed by atoms with Crippen LogP contribution in [0.1, 0.15) is 46.5 Å². The predicted molar refractivity (Wildman–Crippen MR) is 62.3 cm³/mol. The van der Waals surface area contributed by atoms with E-state index in [4.69, 9.17) is 5.73 Å². The van der Waals surface area contributed by atoms with E-state index in [9.17, 15) is 0 Å². The summed E-state index contributed by atoms with van der Waals surface area (Å²) in [5.74, 6) is 0. The first-order valence-electron chi connectivity index (χ1n) is 6.16. The Morgan fingerprint density at radius 3 is 2.14 bits per heavy atom. The highest BCUT2D eigenvalue weighted by Crippen LogP contribution is 2.38. The molecule has 2 nitrogen and oxygen atoms in total. The SMILES string of the molecule is CCC(N)C1(CC)CCN(CC)CC1. The van der Waals surface area contributed by atoms with Crippen LogP contribution in [-0.2, 0) is 0 Å². The van der Waals surface area contributed by atoms with E-state index in [1.165, 1.54) is 38.9 Å². The molecule has 0 amide bonds. The Kier molecular flexibility index (Phi) is 4.39. The summed E-state index contributed by atoms with van der Waals surface area (Å²) in [5, 5.41) is 0. The molecule has 14 heavy (non-hydrogen) atoms. The lowest BCUT2D eigenvalue weighted by molar-refractivity contribution is 0.0766. The second-order valence-corrected chi connectivity index (χ2v) is 4.66. The van der Waals surface area contributed by atoms with Crippen LogP contribution in [0.2, 0.25) is 0 Å². The van der Waals surface area contributed by atoms with Gasteiger partial charge in [-0.2, -0.15) is 0 Å². The standard InChI is InChI=1S/C12H26N2/c1-4-11(13)12(5-2)7-9-14(6-3)10-8-12/h11H,4-10,13H2,1-3H3. The van der Waals surface area contributed by atoms with Crippen LogP contribution >= 0.6 is 0 Å². The Morgan fingerprint density at radius 2 is 1.79 bits per heavy atom. The average Bonchev–Trinajstić information content (AvgIpc) is 2.28. The average molecular weight is 198 g/mol. The lowest BCUT2D eigenvalue weighted by Crippen LogP contribution is -2.49. The monoisotopic (exact) mass is 198 g/mol. The first-order valence-corrected chi connectivity index (χ1v) is 6.16. The highest BCUT2D eigenvalue weighted by molar-refractivity contribution is 4.92. The van der Waals surface area contributed by atoms with E-state index in [0.29, 0.717) is 11.5 Å². The molecule has 0 aromatic carbocycles. The molecule has 1 rings (SSSR count). The maximum absolute atomic E-state index is 6.26. The van der Waals surface area contributed by atoms with Crippen molar-refractivity contribution in [1.82, 2.24) is 4.90 Å². The number of nitrogens with zero attached hydrogens (tertiary/aromatic N) is 1. The largest absolute Gasteiger partial charge is 0.327 e. The van der Waals surface area contributed by atoms with Gasteiger partial charge in [0.15, 0.2) is 0 Å². The number of hydrogen-bond donors (Lipinski definition) is 1. The van der Waals surface area contributed by atoms with Gasteiger partial charge in [0.1, 0.15) is 0 Å². The minimum Gasteiger partial charge on any atom is -0.327 e. The Morgan fingerprint density at radius 1 is 1.21 bits per heavy atom. The molecule has 1 unspecified atom stereocenters. The molecule has 1 fully saturated rings. The third kappa shape index (κ3) is 2.29. The summed E-state index contributed by atoms with van der Waals surface area (Å²) in [5.41, 5.74) is 6.71. The van der Waals surface area contributed by atoms with Crippen molar-refractivity contribution in [2.75, 3.05) is 19.6 Å². The normalized spacial score (nSPS) is 24.9. The Bertz CT molecular complexity index is 160. The molecular formula is C12H26N2. The second-order valence-electron chi connectivity index (χ2n) is 4.66. The van der Waals surface area contributed by atoms with Crippen molar-refractivity contribution in [2.24, 2.45) is 11.1 Å². The van der Waals surface area contributed by atoms with Crippen LogP contribution in [0.15, 0.2) is 0 Å². The van der Waals surface area contributed by atoms with Gasteiger partial charge in [0, 0.05) is 6.04 Å². The summed E-state index contributed by atoms with van der Waals surface area (Å²) in [7, 11) is 0. The fraction of sp³-hybridized carbons (Fsp3) is 1.00. The summed E-state index contributed by atoms with van der Waals surface area (Å²) in [6.07, 6.45) is 4.97. The number of rotatable bonds is 4. The molecule has 0 saturated carbocycles. The van der Waals surface area contributed by atoms with E-state index < -0.39 is 0 Å². The molecule has 2 heteroatoms. The maximum Gasteiger partial charge on any atom is 0.00937 e. The minimum absolute atomic E-state index is 0.409. The first kappa shape index (κ1) is 12.0. The van der Waals surface area contributed by atoms with Crippen molar-refractivity contribution in [3.8, 4) is 0 Å². The van der Waals surface area contributed by atoms with Crippen molar-refractivity contribution in [2.45, 2.75) is 52.5 Å². The van der Waals surface area contributed by atoms with Crippen molar-refractivity contribution in [3.63, 3.8) is 0 Å². The first-order chi connectivity index (χ1) is 6.68. The fourth-order valence-electron chi connectivity index (χ4n) is 2.73. The number of piperidine rings is 1. The van der Waals surface area contributed by atoms with Gasteiger partial charge in [-0.05, 0) is 50.7 Å². The van der Waals surface area contributed by atoms with E-state index in [1.54, 1.807) is 0 Å². The Labute approximate surface area is 88.8 Å². The Hall–Kier alpha value is -0.0800. The lowest BCUT2D eigenvalue weighted by Gasteiger charge is -2.44. The molecular weight excluding hydrogens is 172 g/mol. The minimum atomic E-state index is 0.409. The van der Waals surface area contributed by atoms with Crippen molar-refractivity contribution >= 4 is 0 Å². The molecule has 2 N–H and O–H groups in total. The molecule has 0 aliphatic carbocycles. The zero-order valence-electron chi connectivity index (χ0n) is 10.1.